The second-order valence-electron chi connectivity index (χ2n) is 12.9. The average molecular weight is 427 g/mol. The molecule has 4 aliphatic carbocycles. The molecule has 0 amide bonds. The summed E-state index contributed by atoms with van der Waals surface area (Å²) in [6.45, 7) is 17.1. The topological polar surface area (TPSA) is 20.2 Å². The number of aliphatic hydroxyl groups is 1. The number of aliphatic hydroxyl groups excluding tert-OH is 1. The quantitative estimate of drug-likeness (QED) is 0.441. The van der Waals surface area contributed by atoms with Gasteiger partial charge >= 0.3 is 0 Å². The van der Waals surface area contributed by atoms with Gasteiger partial charge in [-0.25, -0.2) is 0 Å². The minimum absolute atomic E-state index is 0.0993. The lowest BCUT2D eigenvalue weighted by Gasteiger charge is -2.60. The second-order valence-corrected chi connectivity index (χ2v) is 12.9. The van der Waals surface area contributed by atoms with E-state index in [0.29, 0.717) is 28.6 Å². The molecule has 1 heteroatoms. The van der Waals surface area contributed by atoms with Crippen molar-refractivity contribution in [2.75, 3.05) is 0 Å². The zero-order valence-corrected chi connectivity index (χ0v) is 21.5. The summed E-state index contributed by atoms with van der Waals surface area (Å²) in [5.41, 5.74) is 2.58. The molecule has 0 radical (unpaired) electrons. The molecule has 0 aromatic heterocycles. The Morgan fingerprint density at radius 3 is 2.35 bits per heavy atom. The van der Waals surface area contributed by atoms with Crippen LogP contribution in [0.4, 0.5) is 0 Å². The van der Waals surface area contributed by atoms with E-state index in [2.05, 4.69) is 66.7 Å². The Bertz CT molecular complexity index is 703. The van der Waals surface area contributed by atoms with E-state index in [9.17, 15) is 5.11 Å². The van der Waals surface area contributed by atoms with Gasteiger partial charge in [0.2, 0.25) is 0 Å². The number of allylic oxidation sites excluding steroid dienone is 4. The number of fused-ring (bicyclic) bond motifs is 5. The third kappa shape index (κ3) is 3.79. The predicted octanol–water partition coefficient (Wildman–Crippen LogP) is 8.05. The number of rotatable bonds is 5. The van der Waals surface area contributed by atoms with Gasteiger partial charge in [0.05, 0.1) is 6.10 Å². The molecule has 0 aliphatic heterocycles. The SMILES string of the molecule is C/C=C(/CC[C@@H](C)[C@H]1CC[C@@H]2C3C=C[C@@H]4C(C)C(O)CCC4(C)[C@@H]3CCC21C)C(C)C. The summed E-state index contributed by atoms with van der Waals surface area (Å²) in [4.78, 5) is 0. The van der Waals surface area contributed by atoms with Crippen LogP contribution < -0.4 is 0 Å². The van der Waals surface area contributed by atoms with E-state index >= 15 is 0 Å². The van der Waals surface area contributed by atoms with Gasteiger partial charge in [0, 0.05) is 0 Å². The van der Waals surface area contributed by atoms with E-state index in [1.54, 1.807) is 5.57 Å². The molecule has 3 fully saturated rings. The fourth-order valence-electron chi connectivity index (χ4n) is 9.37. The highest BCUT2D eigenvalue weighted by atomic mass is 16.3. The van der Waals surface area contributed by atoms with Crippen LogP contribution in [0.3, 0.4) is 0 Å². The van der Waals surface area contributed by atoms with Gasteiger partial charge in [-0.2, -0.15) is 0 Å². The molecular formula is C30H50O. The van der Waals surface area contributed by atoms with Crippen LogP contribution in [-0.2, 0) is 0 Å². The molecule has 4 aliphatic rings. The van der Waals surface area contributed by atoms with Crippen LogP contribution in [0.5, 0.6) is 0 Å². The molecule has 0 spiro atoms. The van der Waals surface area contributed by atoms with Crippen molar-refractivity contribution in [1.29, 1.82) is 0 Å². The van der Waals surface area contributed by atoms with Crippen LogP contribution in [0, 0.1) is 58.2 Å². The molecule has 31 heavy (non-hydrogen) atoms. The highest BCUT2D eigenvalue weighted by Gasteiger charge is 2.60. The summed E-state index contributed by atoms with van der Waals surface area (Å²) in [6, 6.07) is 0. The van der Waals surface area contributed by atoms with Crippen molar-refractivity contribution in [3.05, 3.63) is 23.8 Å². The Balaban J connectivity index is 1.51. The Labute approximate surface area is 193 Å². The normalized spacial score (nSPS) is 48.3. The fraction of sp³-hybridized carbons (Fsp3) is 0.867. The molecular weight excluding hydrogens is 376 g/mol. The third-order valence-corrected chi connectivity index (χ3v) is 11.4. The molecule has 1 N–H and O–H groups in total. The lowest BCUT2D eigenvalue weighted by molar-refractivity contribution is -0.102. The van der Waals surface area contributed by atoms with Crippen molar-refractivity contribution in [1.82, 2.24) is 0 Å². The molecule has 0 aromatic carbocycles. The third-order valence-electron chi connectivity index (χ3n) is 11.4. The first kappa shape index (κ1) is 23.6. The molecule has 5 unspecified atom stereocenters. The summed E-state index contributed by atoms with van der Waals surface area (Å²) in [5.74, 6) is 5.91. The van der Waals surface area contributed by atoms with E-state index in [4.69, 9.17) is 0 Å². The van der Waals surface area contributed by atoms with Gasteiger partial charge in [0.1, 0.15) is 0 Å². The minimum atomic E-state index is -0.0993. The molecule has 176 valence electrons. The van der Waals surface area contributed by atoms with Crippen LogP contribution in [-0.4, -0.2) is 11.2 Å². The molecule has 3 saturated carbocycles. The van der Waals surface area contributed by atoms with E-state index in [1.807, 2.05) is 0 Å². The van der Waals surface area contributed by atoms with E-state index in [-0.39, 0.29) is 6.10 Å². The Morgan fingerprint density at radius 2 is 1.68 bits per heavy atom. The maximum atomic E-state index is 10.5. The van der Waals surface area contributed by atoms with Crippen LogP contribution in [0.1, 0.15) is 99.8 Å². The van der Waals surface area contributed by atoms with E-state index < -0.39 is 0 Å². The largest absolute Gasteiger partial charge is 0.393 e. The lowest BCUT2D eigenvalue weighted by Crippen LogP contribution is -2.54. The van der Waals surface area contributed by atoms with Gasteiger partial charge in [-0.15, -0.1) is 0 Å². The van der Waals surface area contributed by atoms with Crippen LogP contribution in [0.15, 0.2) is 23.8 Å². The lowest BCUT2D eigenvalue weighted by atomic mass is 9.45. The Hall–Kier alpha value is -0.560. The average Bonchev–Trinajstić information content (AvgIpc) is 3.08. The molecule has 0 heterocycles. The monoisotopic (exact) mass is 426 g/mol. The van der Waals surface area contributed by atoms with Crippen molar-refractivity contribution < 1.29 is 5.11 Å². The molecule has 10 atom stereocenters. The van der Waals surface area contributed by atoms with Crippen molar-refractivity contribution >= 4 is 0 Å². The van der Waals surface area contributed by atoms with Gasteiger partial charge in [-0.05, 0) is 116 Å². The van der Waals surface area contributed by atoms with Crippen molar-refractivity contribution in [2.24, 2.45) is 58.2 Å². The first-order chi connectivity index (χ1) is 14.6. The Kier molecular flexibility index (Phi) is 6.59. The molecule has 0 aromatic rings. The van der Waals surface area contributed by atoms with Gasteiger partial charge in [-0.1, -0.05) is 65.3 Å². The van der Waals surface area contributed by atoms with E-state index in [1.165, 1.54) is 44.9 Å². The maximum Gasteiger partial charge on any atom is 0.0571 e. The smallest absolute Gasteiger partial charge is 0.0571 e. The number of hydrogen-bond donors (Lipinski definition) is 1. The van der Waals surface area contributed by atoms with Gasteiger partial charge in [0.25, 0.3) is 0 Å². The van der Waals surface area contributed by atoms with E-state index in [0.717, 1.165) is 36.0 Å². The first-order valence-electron chi connectivity index (χ1n) is 13.6. The van der Waals surface area contributed by atoms with Gasteiger partial charge in [0.15, 0.2) is 0 Å². The van der Waals surface area contributed by atoms with Crippen LogP contribution in [0.25, 0.3) is 0 Å². The summed E-state index contributed by atoms with van der Waals surface area (Å²) < 4.78 is 0. The summed E-state index contributed by atoms with van der Waals surface area (Å²) in [6.07, 6.45) is 18.1. The standard InChI is InChI=1S/C30H50O/c1-8-22(19(2)3)10-9-20(4)24-13-14-26-23-11-12-25-21(5)28(31)16-18-30(25,7)27(23)15-17-29(24,26)6/h8,11-12,19-21,23-28,31H,9-10,13-18H2,1-7H3/b22-8-/t20-,21?,23?,24-,25-,26-,27-,28?,29?,30?/m1/s1. The highest BCUT2D eigenvalue weighted by Crippen LogP contribution is 2.67. The molecule has 0 bridgehead atoms. The summed E-state index contributed by atoms with van der Waals surface area (Å²) >= 11 is 0. The first-order valence-corrected chi connectivity index (χ1v) is 13.6. The van der Waals surface area contributed by atoms with Crippen LogP contribution >= 0.6 is 0 Å². The minimum Gasteiger partial charge on any atom is -0.393 e. The van der Waals surface area contributed by atoms with Crippen LogP contribution in [0.2, 0.25) is 0 Å². The van der Waals surface area contributed by atoms with Crippen molar-refractivity contribution in [3.63, 3.8) is 0 Å². The van der Waals surface area contributed by atoms with Gasteiger partial charge in [-0.3, -0.25) is 0 Å². The predicted molar refractivity (Wildman–Crippen MR) is 133 cm³/mol. The number of hydrogen-bond acceptors (Lipinski definition) is 1. The summed E-state index contributed by atoms with van der Waals surface area (Å²) in [5, 5.41) is 10.5. The zero-order chi connectivity index (χ0) is 22.6. The Morgan fingerprint density at radius 1 is 1.00 bits per heavy atom. The second kappa shape index (κ2) is 8.66. The zero-order valence-electron chi connectivity index (χ0n) is 21.5. The molecule has 0 saturated heterocycles. The maximum absolute atomic E-state index is 10.5. The molecule has 1 nitrogen and oxygen atoms in total. The van der Waals surface area contributed by atoms with Gasteiger partial charge < -0.3 is 5.11 Å². The summed E-state index contributed by atoms with van der Waals surface area (Å²) in [7, 11) is 0. The highest BCUT2D eigenvalue weighted by molar-refractivity contribution is 5.19. The van der Waals surface area contributed by atoms with Crippen molar-refractivity contribution in [2.45, 2.75) is 106 Å². The fourth-order valence-corrected chi connectivity index (χ4v) is 9.37. The van der Waals surface area contributed by atoms with Crippen molar-refractivity contribution in [3.8, 4) is 0 Å². The molecule has 4 rings (SSSR count).